The van der Waals surface area contributed by atoms with Gasteiger partial charge in [-0.15, -0.1) is 0 Å². The third kappa shape index (κ3) is 4.61. The normalized spacial score (nSPS) is 21.8. The molecule has 11 nitrogen and oxygen atoms in total. The van der Waals surface area contributed by atoms with Crippen molar-refractivity contribution >= 4 is 39.1 Å². The van der Waals surface area contributed by atoms with Crippen LogP contribution in [0.2, 0.25) is 0 Å². The van der Waals surface area contributed by atoms with E-state index in [2.05, 4.69) is 4.98 Å². The van der Waals surface area contributed by atoms with Crippen LogP contribution in [0, 0.1) is 0 Å². The number of para-hydroxylation sites is 1. The smallest absolute Gasteiger partial charge is 0.296 e. The number of rotatable bonds is 8. The first-order valence-electron chi connectivity index (χ1n) is 14.5. The van der Waals surface area contributed by atoms with Gasteiger partial charge < -0.3 is 19.6 Å². The van der Waals surface area contributed by atoms with Crippen molar-refractivity contribution in [2.75, 3.05) is 37.7 Å². The van der Waals surface area contributed by atoms with E-state index in [1.54, 1.807) is 53.7 Å². The van der Waals surface area contributed by atoms with Gasteiger partial charge in [-0.2, -0.15) is 4.31 Å². The Morgan fingerprint density at radius 1 is 1.00 bits per heavy atom. The van der Waals surface area contributed by atoms with E-state index < -0.39 is 38.9 Å². The number of likely N-dealkylation sites (tertiary alicyclic amines) is 1. The van der Waals surface area contributed by atoms with Crippen LogP contribution in [0.3, 0.4) is 0 Å². The quantitative estimate of drug-likeness (QED) is 0.232. The fourth-order valence-corrected chi connectivity index (χ4v) is 7.57. The highest BCUT2D eigenvalue weighted by molar-refractivity contribution is 7.89. The molecule has 0 radical (unpaired) electrons. The highest BCUT2D eigenvalue weighted by Crippen LogP contribution is 2.54. The maximum Gasteiger partial charge on any atom is 0.296 e. The number of aliphatic hydroxyl groups is 1. The molecule has 44 heavy (non-hydrogen) atoms. The maximum atomic E-state index is 14.6. The highest BCUT2D eigenvalue weighted by atomic mass is 32.2. The van der Waals surface area contributed by atoms with Crippen molar-refractivity contribution in [3.63, 3.8) is 0 Å². The molecule has 6 rings (SSSR count). The SMILES string of the molecule is CCCCN1C(=O)C2(/C(=C(/O)c3ccc(S(=O)(=O)N4CCOCC4)cc3)C(=O)C(=O)N2Cc2cccnc2)c2ccccc21. The number of amides is 2. The molecule has 2 saturated heterocycles. The Bertz CT molecular complexity index is 1750. The van der Waals surface area contributed by atoms with Crippen LogP contribution in [-0.2, 0) is 41.2 Å². The lowest BCUT2D eigenvalue weighted by Crippen LogP contribution is -2.51. The van der Waals surface area contributed by atoms with Gasteiger partial charge in [0.2, 0.25) is 10.0 Å². The number of ether oxygens (including phenoxy) is 1. The second-order valence-corrected chi connectivity index (χ2v) is 12.8. The number of anilines is 1. The van der Waals surface area contributed by atoms with Crippen molar-refractivity contribution in [3.05, 3.63) is 95.3 Å². The first-order valence-corrected chi connectivity index (χ1v) is 16.0. The summed E-state index contributed by atoms with van der Waals surface area (Å²) < 4.78 is 33.0. The van der Waals surface area contributed by atoms with Gasteiger partial charge in [0.25, 0.3) is 17.6 Å². The third-order valence-electron chi connectivity index (χ3n) is 8.34. The molecule has 1 atom stereocenters. The molecule has 1 spiro atoms. The van der Waals surface area contributed by atoms with Gasteiger partial charge in [0.15, 0.2) is 5.54 Å². The standard InChI is InChI=1S/C32H32N4O7S/c1-2-3-15-35-26-9-5-4-8-25(26)32(31(35)40)27(29(38)30(39)36(32)21-22-7-6-14-33-20-22)28(37)23-10-12-24(13-11-23)44(41,42)34-16-18-43-19-17-34/h4-14,20,37H,2-3,15-19,21H2,1H3/b28-27+. The summed E-state index contributed by atoms with van der Waals surface area (Å²) in [6.45, 7) is 3.29. The number of aromatic nitrogens is 1. The number of hydrogen-bond donors (Lipinski definition) is 1. The Morgan fingerprint density at radius 2 is 1.73 bits per heavy atom. The first-order chi connectivity index (χ1) is 21.2. The molecule has 2 aromatic carbocycles. The van der Waals surface area contributed by atoms with Crippen LogP contribution in [0.1, 0.15) is 36.5 Å². The van der Waals surface area contributed by atoms with E-state index in [1.165, 1.54) is 33.5 Å². The second-order valence-electron chi connectivity index (χ2n) is 10.9. The molecule has 3 aromatic rings. The fraction of sp³-hybridized carbons (Fsp3) is 0.312. The molecule has 12 heteroatoms. The molecule has 0 aliphatic carbocycles. The topological polar surface area (TPSA) is 137 Å². The molecule has 0 saturated carbocycles. The fourth-order valence-electron chi connectivity index (χ4n) is 6.17. The lowest BCUT2D eigenvalue weighted by atomic mass is 9.81. The van der Waals surface area contributed by atoms with Crippen LogP contribution in [0.5, 0.6) is 0 Å². The van der Waals surface area contributed by atoms with Crippen LogP contribution < -0.4 is 4.90 Å². The van der Waals surface area contributed by atoms with E-state index in [-0.39, 0.29) is 35.7 Å². The van der Waals surface area contributed by atoms with Gasteiger partial charge in [0, 0.05) is 49.7 Å². The zero-order chi connectivity index (χ0) is 31.1. The Kier molecular flexibility index (Phi) is 7.82. The molecule has 4 heterocycles. The van der Waals surface area contributed by atoms with Crippen molar-refractivity contribution in [2.45, 2.75) is 36.7 Å². The molecular formula is C32H32N4O7S. The number of Topliss-reactive ketones (excluding diaryl/α,β-unsaturated/α-hetero) is 1. The lowest BCUT2D eigenvalue weighted by molar-refractivity contribution is -0.144. The second kappa shape index (κ2) is 11.6. The van der Waals surface area contributed by atoms with E-state index in [0.717, 1.165) is 6.42 Å². The minimum Gasteiger partial charge on any atom is -0.507 e. The van der Waals surface area contributed by atoms with Gasteiger partial charge in [-0.1, -0.05) is 37.6 Å². The van der Waals surface area contributed by atoms with Crippen molar-refractivity contribution in [1.29, 1.82) is 0 Å². The minimum atomic E-state index is -3.81. The van der Waals surface area contributed by atoms with E-state index in [9.17, 15) is 27.9 Å². The first kappa shape index (κ1) is 29.7. The number of nitrogens with zero attached hydrogens (tertiary/aromatic N) is 4. The predicted octanol–water partition coefficient (Wildman–Crippen LogP) is 3.03. The Hall–Kier alpha value is -4.39. The number of pyridine rings is 1. The summed E-state index contributed by atoms with van der Waals surface area (Å²) in [5, 5.41) is 11.8. The van der Waals surface area contributed by atoms with Gasteiger partial charge >= 0.3 is 0 Å². The summed E-state index contributed by atoms with van der Waals surface area (Å²) in [4.78, 5) is 49.2. The number of fused-ring (bicyclic) bond motifs is 2. The molecule has 228 valence electrons. The number of hydrogen-bond acceptors (Lipinski definition) is 8. The summed E-state index contributed by atoms with van der Waals surface area (Å²) in [5.41, 5.74) is -0.617. The zero-order valence-corrected chi connectivity index (χ0v) is 25.0. The molecular weight excluding hydrogens is 584 g/mol. The Balaban J connectivity index is 1.51. The molecule has 0 bridgehead atoms. The number of carbonyl (C=O) groups is 3. The van der Waals surface area contributed by atoms with Crippen LogP contribution in [0.15, 0.2) is 83.5 Å². The number of sulfonamides is 1. The van der Waals surface area contributed by atoms with Gasteiger partial charge in [-0.25, -0.2) is 8.42 Å². The number of aliphatic hydroxyl groups excluding tert-OH is 1. The number of unbranched alkanes of at least 4 members (excludes halogenated alkanes) is 1. The number of carbonyl (C=O) groups excluding carboxylic acids is 3. The van der Waals surface area contributed by atoms with E-state index in [0.29, 0.717) is 43.0 Å². The summed E-state index contributed by atoms with van der Waals surface area (Å²) in [6.07, 6.45) is 4.63. The van der Waals surface area contributed by atoms with Gasteiger partial charge in [0.05, 0.1) is 29.4 Å². The zero-order valence-electron chi connectivity index (χ0n) is 24.2. The van der Waals surface area contributed by atoms with Crippen LogP contribution in [0.25, 0.3) is 5.76 Å². The van der Waals surface area contributed by atoms with Crippen molar-refractivity contribution < 1.29 is 32.6 Å². The largest absolute Gasteiger partial charge is 0.507 e. The predicted molar refractivity (Wildman–Crippen MR) is 161 cm³/mol. The molecule has 3 aliphatic rings. The molecule has 2 amide bonds. The Labute approximate surface area is 255 Å². The highest BCUT2D eigenvalue weighted by Gasteiger charge is 2.67. The molecule has 3 aliphatic heterocycles. The summed E-state index contributed by atoms with van der Waals surface area (Å²) >= 11 is 0. The molecule has 1 aromatic heterocycles. The van der Waals surface area contributed by atoms with Gasteiger partial charge in [-0.05, 0) is 48.4 Å². The van der Waals surface area contributed by atoms with Crippen molar-refractivity contribution in [3.8, 4) is 0 Å². The maximum absolute atomic E-state index is 14.6. The van der Waals surface area contributed by atoms with E-state index in [1.807, 2.05) is 6.92 Å². The number of morpholine rings is 1. The van der Waals surface area contributed by atoms with Crippen LogP contribution in [0.4, 0.5) is 5.69 Å². The van der Waals surface area contributed by atoms with Gasteiger partial charge in [-0.3, -0.25) is 19.4 Å². The average Bonchev–Trinajstić information content (AvgIpc) is 3.43. The van der Waals surface area contributed by atoms with Crippen LogP contribution >= 0.6 is 0 Å². The summed E-state index contributed by atoms with van der Waals surface area (Å²) in [5.74, 6) is -3.00. The minimum absolute atomic E-state index is 0.00993. The molecule has 1 unspecified atom stereocenters. The van der Waals surface area contributed by atoms with Crippen molar-refractivity contribution in [2.24, 2.45) is 0 Å². The summed E-state index contributed by atoms with van der Waals surface area (Å²) in [6, 6.07) is 15.9. The number of ketones is 1. The lowest BCUT2D eigenvalue weighted by Gasteiger charge is -2.34. The van der Waals surface area contributed by atoms with Crippen LogP contribution in [-0.4, -0.2) is 78.2 Å². The monoisotopic (exact) mass is 616 g/mol. The average molecular weight is 617 g/mol. The van der Waals surface area contributed by atoms with E-state index in [4.69, 9.17) is 4.74 Å². The van der Waals surface area contributed by atoms with E-state index >= 15 is 0 Å². The third-order valence-corrected chi connectivity index (χ3v) is 10.3. The number of benzene rings is 2. The van der Waals surface area contributed by atoms with Gasteiger partial charge in [0.1, 0.15) is 5.76 Å². The van der Waals surface area contributed by atoms with Crippen molar-refractivity contribution in [1.82, 2.24) is 14.2 Å². The summed E-state index contributed by atoms with van der Waals surface area (Å²) in [7, 11) is -3.81. The molecule has 1 N–H and O–H groups in total. The Morgan fingerprint density at radius 3 is 2.41 bits per heavy atom. The molecule has 2 fully saturated rings.